The number of hydrogen-bond donors (Lipinski definition) is 1. The molecule has 0 spiro atoms. The average molecular weight is 288 g/mol. The highest BCUT2D eigenvalue weighted by Gasteiger charge is 2.23. The topological polar surface area (TPSA) is 84.9 Å². The van der Waals surface area contributed by atoms with E-state index in [2.05, 4.69) is 14.8 Å². The zero-order valence-electron chi connectivity index (χ0n) is 12.8. The van der Waals surface area contributed by atoms with Crippen LogP contribution in [-0.2, 0) is 23.9 Å². The van der Waals surface area contributed by atoms with Crippen molar-refractivity contribution in [3.63, 3.8) is 0 Å². The fourth-order valence-corrected chi connectivity index (χ4v) is 1.65. The molecule has 0 aliphatic rings. The molecule has 0 fully saturated rings. The zero-order valence-corrected chi connectivity index (χ0v) is 12.8. The smallest absolute Gasteiger partial charge is 0.328 e. The molecule has 1 atom stereocenters. The molecule has 116 valence electrons. The SMILES string of the molecule is COC(=O)CN(C)CC(=O)NC(CC(C)C)C(=O)OC. The fraction of sp³-hybridized carbons (Fsp3) is 0.769. The number of nitrogens with one attached hydrogen (secondary N) is 1. The molecule has 0 saturated heterocycles. The van der Waals surface area contributed by atoms with E-state index in [1.165, 1.54) is 19.1 Å². The van der Waals surface area contributed by atoms with E-state index < -0.39 is 18.0 Å². The van der Waals surface area contributed by atoms with Gasteiger partial charge in [-0.3, -0.25) is 14.5 Å². The maximum Gasteiger partial charge on any atom is 0.328 e. The molecular formula is C13H24N2O5. The molecule has 20 heavy (non-hydrogen) atoms. The lowest BCUT2D eigenvalue weighted by Crippen LogP contribution is -2.46. The van der Waals surface area contributed by atoms with Crippen LogP contribution >= 0.6 is 0 Å². The molecule has 0 aromatic carbocycles. The third-order valence-corrected chi connectivity index (χ3v) is 2.57. The van der Waals surface area contributed by atoms with Gasteiger partial charge in [0, 0.05) is 0 Å². The average Bonchev–Trinajstić information content (AvgIpc) is 2.35. The second-order valence-electron chi connectivity index (χ2n) is 5.02. The van der Waals surface area contributed by atoms with Gasteiger partial charge in [0.2, 0.25) is 5.91 Å². The Balaban J connectivity index is 4.38. The number of esters is 2. The summed E-state index contributed by atoms with van der Waals surface area (Å²) in [4.78, 5) is 36.0. The molecule has 0 aromatic heterocycles. The standard InChI is InChI=1S/C13H24N2O5/c1-9(2)6-10(13(18)20-5)14-11(16)7-15(3)8-12(17)19-4/h9-10H,6-8H2,1-5H3,(H,14,16). The normalized spacial score (nSPS) is 12.2. The Kier molecular flexibility index (Phi) is 8.54. The van der Waals surface area contributed by atoms with Crippen LogP contribution in [0.2, 0.25) is 0 Å². The first kappa shape index (κ1) is 18.4. The van der Waals surface area contributed by atoms with Gasteiger partial charge in [0.05, 0.1) is 27.3 Å². The van der Waals surface area contributed by atoms with Gasteiger partial charge in [-0.25, -0.2) is 4.79 Å². The monoisotopic (exact) mass is 288 g/mol. The molecule has 7 heteroatoms. The van der Waals surface area contributed by atoms with Crippen LogP contribution in [0, 0.1) is 5.92 Å². The van der Waals surface area contributed by atoms with E-state index in [-0.39, 0.29) is 24.9 Å². The Hall–Kier alpha value is -1.63. The van der Waals surface area contributed by atoms with E-state index in [9.17, 15) is 14.4 Å². The summed E-state index contributed by atoms with van der Waals surface area (Å²) in [6.45, 7) is 3.91. The Bertz CT molecular complexity index is 344. The largest absolute Gasteiger partial charge is 0.468 e. The highest BCUT2D eigenvalue weighted by molar-refractivity contribution is 5.85. The molecule has 0 aliphatic heterocycles. The van der Waals surface area contributed by atoms with Crippen molar-refractivity contribution in [2.24, 2.45) is 5.92 Å². The molecule has 7 nitrogen and oxygen atoms in total. The molecule has 0 rings (SSSR count). The predicted octanol–water partition coefficient (Wildman–Crippen LogP) is -0.205. The van der Waals surface area contributed by atoms with E-state index in [0.717, 1.165) is 0 Å². The summed E-state index contributed by atoms with van der Waals surface area (Å²) in [5.74, 6) is -0.991. The second kappa shape index (κ2) is 9.30. The Morgan fingerprint density at radius 3 is 2.15 bits per heavy atom. The predicted molar refractivity (Wildman–Crippen MR) is 72.9 cm³/mol. The van der Waals surface area contributed by atoms with Crippen LogP contribution in [0.5, 0.6) is 0 Å². The van der Waals surface area contributed by atoms with E-state index in [0.29, 0.717) is 6.42 Å². The Labute approximate surface area is 119 Å². The molecule has 1 N–H and O–H groups in total. The highest BCUT2D eigenvalue weighted by Crippen LogP contribution is 2.06. The van der Waals surface area contributed by atoms with Crippen molar-refractivity contribution in [3.05, 3.63) is 0 Å². The third kappa shape index (κ3) is 7.73. The molecular weight excluding hydrogens is 264 g/mol. The minimum atomic E-state index is -0.668. The minimum absolute atomic E-state index is 0.000684. The van der Waals surface area contributed by atoms with Crippen LogP contribution in [-0.4, -0.2) is 63.1 Å². The van der Waals surface area contributed by atoms with Gasteiger partial charge in [0.1, 0.15) is 6.04 Å². The number of carbonyl (C=O) groups is 3. The third-order valence-electron chi connectivity index (χ3n) is 2.57. The molecule has 0 saturated carbocycles. The van der Waals surface area contributed by atoms with Crippen molar-refractivity contribution in [1.82, 2.24) is 10.2 Å². The lowest BCUT2D eigenvalue weighted by atomic mass is 10.0. The van der Waals surface area contributed by atoms with Crippen molar-refractivity contribution >= 4 is 17.8 Å². The van der Waals surface area contributed by atoms with Gasteiger partial charge in [0.25, 0.3) is 0 Å². The summed E-state index contributed by atoms with van der Waals surface area (Å²) in [7, 11) is 4.18. The zero-order chi connectivity index (χ0) is 15.7. The Morgan fingerprint density at radius 2 is 1.70 bits per heavy atom. The Morgan fingerprint density at radius 1 is 1.10 bits per heavy atom. The van der Waals surface area contributed by atoms with E-state index in [1.54, 1.807) is 7.05 Å². The van der Waals surface area contributed by atoms with E-state index in [4.69, 9.17) is 0 Å². The summed E-state index contributed by atoms with van der Waals surface area (Å²) < 4.78 is 9.17. The van der Waals surface area contributed by atoms with Gasteiger partial charge >= 0.3 is 11.9 Å². The maximum absolute atomic E-state index is 11.8. The van der Waals surface area contributed by atoms with Crippen LogP contribution < -0.4 is 5.32 Å². The van der Waals surface area contributed by atoms with Crippen molar-refractivity contribution in [2.75, 3.05) is 34.4 Å². The lowest BCUT2D eigenvalue weighted by Gasteiger charge is -2.20. The number of amides is 1. The summed E-state index contributed by atoms with van der Waals surface area (Å²) >= 11 is 0. The number of carbonyl (C=O) groups excluding carboxylic acids is 3. The molecule has 0 bridgehead atoms. The minimum Gasteiger partial charge on any atom is -0.468 e. The number of rotatable bonds is 8. The molecule has 0 aromatic rings. The number of ether oxygens (including phenoxy) is 2. The summed E-state index contributed by atoms with van der Waals surface area (Å²) in [5, 5.41) is 2.61. The van der Waals surface area contributed by atoms with E-state index >= 15 is 0 Å². The summed E-state index contributed by atoms with van der Waals surface area (Å²) in [6.07, 6.45) is 0.499. The van der Waals surface area contributed by atoms with Gasteiger partial charge < -0.3 is 14.8 Å². The number of nitrogens with zero attached hydrogens (tertiary/aromatic N) is 1. The van der Waals surface area contributed by atoms with Crippen LogP contribution in [0.1, 0.15) is 20.3 Å². The van der Waals surface area contributed by atoms with Gasteiger partial charge in [-0.2, -0.15) is 0 Å². The number of methoxy groups -OCH3 is 2. The molecule has 0 heterocycles. The van der Waals surface area contributed by atoms with E-state index in [1.807, 2.05) is 13.8 Å². The first-order valence-electron chi connectivity index (χ1n) is 6.42. The second-order valence-corrected chi connectivity index (χ2v) is 5.02. The maximum atomic E-state index is 11.8. The fourth-order valence-electron chi connectivity index (χ4n) is 1.65. The number of hydrogen-bond acceptors (Lipinski definition) is 6. The van der Waals surface area contributed by atoms with Crippen LogP contribution in [0.25, 0.3) is 0 Å². The quantitative estimate of drug-likeness (QED) is 0.622. The van der Waals surface area contributed by atoms with Gasteiger partial charge in [-0.15, -0.1) is 0 Å². The van der Waals surface area contributed by atoms with Crippen LogP contribution in [0.3, 0.4) is 0 Å². The van der Waals surface area contributed by atoms with Crippen molar-refractivity contribution in [2.45, 2.75) is 26.3 Å². The first-order valence-corrected chi connectivity index (χ1v) is 6.42. The molecule has 1 amide bonds. The van der Waals surface area contributed by atoms with Crippen molar-refractivity contribution in [3.8, 4) is 0 Å². The van der Waals surface area contributed by atoms with Crippen molar-refractivity contribution in [1.29, 1.82) is 0 Å². The first-order chi connectivity index (χ1) is 9.29. The molecule has 1 unspecified atom stereocenters. The van der Waals surface area contributed by atoms with Gasteiger partial charge in [0.15, 0.2) is 0 Å². The van der Waals surface area contributed by atoms with Crippen LogP contribution in [0.4, 0.5) is 0 Å². The highest BCUT2D eigenvalue weighted by atomic mass is 16.5. The summed E-state index contributed by atoms with van der Waals surface area (Å²) in [5.41, 5.74) is 0. The van der Waals surface area contributed by atoms with Gasteiger partial charge in [-0.05, 0) is 19.4 Å². The van der Waals surface area contributed by atoms with Crippen molar-refractivity contribution < 1.29 is 23.9 Å². The number of likely N-dealkylation sites (N-methyl/N-ethyl adjacent to an activating group) is 1. The molecule has 0 radical (unpaired) electrons. The molecule has 0 aliphatic carbocycles. The van der Waals surface area contributed by atoms with Gasteiger partial charge in [-0.1, -0.05) is 13.8 Å². The summed E-state index contributed by atoms with van der Waals surface area (Å²) in [6, 6.07) is -0.668. The lowest BCUT2D eigenvalue weighted by molar-refractivity contribution is -0.146. The van der Waals surface area contributed by atoms with Crippen LogP contribution in [0.15, 0.2) is 0 Å².